The van der Waals surface area contributed by atoms with Gasteiger partial charge in [-0.05, 0) is 53.2 Å². The van der Waals surface area contributed by atoms with Gasteiger partial charge in [-0.3, -0.25) is 19.2 Å². The Bertz CT molecular complexity index is 1070. The monoisotopic (exact) mass is 572 g/mol. The van der Waals surface area contributed by atoms with Crippen molar-refractivity contribution in [2.24, 2.45) is 0 Å². The number of aliphatic hydroxyl groups is 1. The van der Waals surface area contributed by atoms with E-state index in [1.54, 1.807) is 40.7 Å². The summed E-state index contributed by atoms with van der Waals surface area (Å²) in [5.41, 5.74) is -0.611. The van der Waals surface area contributed by atoms with E-state index >= 15 is 0 Å². The topological polar surface area (TPSA) is 128 Å². The van der Waals surface area contributed by atoms with Gasteiger partial charge in [0.15, 0.2) is 6.61 Å². The van der Waals surface area contributed by atoms with Crippen molar-refractivity contribution in [3.63, 3.8) is 0 Å². The molecule has 1 saturated heterocycles. The summed E-state index contributed by atoms with van der Waals surface area (Å²) in [6, 6.07) is 2.86. The molecule has 13 heteroatoms. The number of rotatable bonds is 10. The second kappa shape index (κ2) is 13.3. The van der Waals surface area contributed by atoms with E-state index in [0.717, 1.165) is 4.90 Å². The molecule has 1 aliphatic heterocycles. The lowest BCUT2D eigenvalue weighted by Gasteiger charge is -2.32. The van der Waals surface area contributed by atoms with Crippen LogP contribution in [0.4, 0.5) is 13.2 Å². The summed E-state index contributed by atoms with van der Waals surface area (Å²) in [7, 11) is 1.53. The molecule has 1 aromatic rings. The molecule has 4 amide bonds. The molecular formula is C27H39F3N4O6. The Kier molecular flexibility index (Phi) is 11.0. The number of hydrogen-bond acceptors (Lipinski definition) is 6. The number of nitrogens with one attached hydrogen (secondary N) is 2. The maximum Gasteiger partial charge on any atom is 0.389 e. The normalized spacial score (nSPS) is 18.3. The van der Waals surface area contributed by atoms with Gasteiger partial charge in [-0.2, -0.15) is 13.2 Å². The zero-order valence-electron chi connectivity index (χ0n) is 23.7. The van der Waals surface area contributed by atoms with E-state index in [9.17, 15) is 37.5 Å². The number of alkyl halides is 3. The zero-order valence-corrected chi connectivity index (χ0v) is 23.7. The Morgan fingerprint density at radius 3 is 2.35 bits per heavy atom. The maximum absolute atomic E-state index is 13.5. The lowest BCUT2D eigenvalue weighted by atomic mass is 10.1. The average Bonchev–Trinajstić information content (AvgIpc) is 3.23. The molecule has 1 fully saturated rings. The summed E-state index contributed by atoms with van der Waals surface area (Å²) in [6.45, 7) is 8.18. The van der Waals surface area contributed by atoms with Gasteiger partial charge in [0, 0.05) is 38.0 Å². The minimum atomic E-state index is -4.61. The number of para-hydroxylation sites is 1. The number of likely N-dealkylation sites (tertiary alicyclic amines) is 1. The molecule has 0 saturated carbocycles. The first-order chi connectivity index (χ1) is 18.4. The number of ether oxygens (including phenoxy) is 1. The summed E-state index contributed by atoms with van der Waals surface area (Å²) in [5.74, 6) is -2.72. The molecule has 0 aromatic heterocycles. The molecule has 0 radical (unpaired) electrons. The van der Waals surface area contributed by atoms with Gasteiger partial charge in [-0.25, -0.2) is 0 Å². The minimum absolute atomic E-state index is 0.00529. The van der Waals surface area contributed by atoms with E-state index in [0.29, 0.717) is 0 Å². The molecule has 0 unspecified atom stereocenters. The van der Waals surface area contributed by atoms with Crippen LogP contribution in [0, 0.1) is 0 Å². The molecule has 10 nitrogen and oxygen atoms in total. The zero-order chi connectivity index (χ0) is 30.4. The van der Waals surface area contributed by atoms with Crippen LogP contribution in [0.15, 0.2) is 24.3 Å². The standard InChI is InChI=1S/C27H39F3N4O6/c1-16(2)33(6)25(39)20-13-17(35)14-34(20)24(38)19(11-12-27(28,29)30)31-23(37)18-9-7-8-10-21(18)40-15-22(36)32-26(3,4)5/h7-10,16-17,19-20,35H,11-15H2,1-6H3,(H,31,37)(H,32,36)/t17-,19+,20+/m0/s1. The Labute approximate surface area is 232 Å². The number of carbonyl (C=O) groups excluding carboxylic acids is 4. The highest BCUT2D eigenvalue weighted by atomic mass is 19.4. The van der Waals surface area contributed by atoms with E-state index in [4.69, 9.17) is 4.74 Å². The fourth-order valence-electron chi connectivity index (χ4n) is 4.16. The molecule has 1 aliphatic rings. The van der Waals surface area contributed by atoms with Crippen molar-refractivity contribution in [2.45, 2.75) is 89.8 Å². The number of carbonyl (C=O) groups is 4. The molecule has 40 heavy (non-hydrogen) atoms. The lowest BCUT2D eigenvalue weighted by molar-refractivity contribution is -0.148. The summed E-state index contributed by atoms with van der Waals surface area (Å²) in [6.07, 6.45) is -7.88. The predicted octanol–water partition coefficient (Wildman–Crippen LogP) is 2.25. The van der Waals surface area contributed by atoms with Gasteiger partial charge in [0.2, 0.25) is 11.8 Å². The highest BCUT2D eigenvalue weighted by molar-refractivity contribution is 6.00. The van der Waals surface area contributed by atoms with Crippen molar-refractivity contribution in [2.75, 3.05) is 20.2 Å². The highest BCUT2D eigenvalue weighted by Gasteiger charge is 2.43. The second-order valence-electron chi connectivity index (χ2n) is 11.2. The Morgan fingerprint density at radius 1 is 1.15 bits per heavy atom. The summed E-state index contributed by atoms with van der Waals surface area (Å²) < 4.78 is 44.9. The van der Waals surface area contributed by atoms with Crippen molar-refractivity contribution in [1.29, 1.82) is 0 Å². The first kappa shape index (κ1) is 32.9. The molecule has 2 rings (SSSR count). The van der Waals surface area contributed by atoms with Crippen molar-refractivity contribution in [1.82, 2.24) is 20.4 Å². The number of benzene rings is 1. The molecular weight excluding hydrogens is 533 g/mol. The number of nitrogens with zero attached hydrogens (tertiary/aromatic N) is 2. The van der Waals surface area contributed by atoms with Gasteiger partial charge in [0.25, 0.3) is 11.8 Å². The van der Waals surface area contributed by atoms with Crippen LogP contribution in [-0.4, -0.2) is 94.7 Å². The van der Waals surface area contributed by atoms with E-state index in [-0.39, 0.29) is 30.3 Å². The van der Waals surface area contributed by atoms with Gasteiger partial charge in [-0.15, -0.1) is 0 Å². The van der Waals surface area contributed by atoms with Gasteiger partial charge in [0.05, 0.1) is 11.7 Å². The summed E-state index contributed by atoms with van der Waals surface area (Å²) in [4.78, 5) is 54.3. The predicted molar refractivity (Wildman–Crippen MR) is 140 cm³/mol. The van der Waals surface area contributed by atoms with Crippen LogP contribution >= 0.6 is 0 Å². The Hall–Kier alpha value is -3.35. The molecule has 3 atom stereocenters. The van der Waals surface area contributed by atoms with Gasteiger partial charge < -0.3 is 30.3 Å². The second-order valence-corrected chi connectivity index (χ2v) is 11.2. The van der Waals surface area contributed by atoms with E-state index in [1.807, 2.05) is 0 Å². The third kappa shape index (κ3) is 9.68. The van der Waals surface area contributed by atoms with Crippen molar-refractivity contribution < 1.29 is 42.2 Å². The highest BCUT2D eigenvalue weighted by Crippen LogP contribution is 2.27. The largest absolute Gasteiger partial charge is 0.483 e. The first-order valence-corrected chi connectivity index (χ1v) is 13.0. The molecule has 0 bridgehead atoms. The van der Waals surface area contributed by atoms with Crippen LogP contribution in [0.1, 0.15) is 64.2 Å². The molecule has 0 aliphatic carbocycles. The Morgan fingerprint density at radius 2 is 1.77 bits per heavy atom. The fourth-order valence-corrected chi connectivity index (χ4v) is 4.16. The molecule has 224 valence electrons. The molecule has 1 heterocycles. The molecule has 0 spiro atoms. The number of aliphatic hydroxyl groups excluding tert-OH is 1. The number of halogens is 3. The average molecular weight is 573 g/mol. The van der Waals surface area contributed by atoms with Gasteiger partial charge >= 0.3 is 6.18 Å². The van der Waals surface area contributed by atoms with Crippen LogP contribution in [0.2, 0.25) is 0 Å². The third-order valence-corrected chi connectivity index (χ3v) is 6.29. The fraction of sp³-hybridized carbons (Fsp3) is 0.630. The van der Waals surface area contributed by atoms with E-state index in [2.05, 4.69) is 10.6 Å². The van der Waals surface area contributed by atoms with Crippen LogP contribution in [0.25, 0.3) is 0 Å². The van der Waals surface area contributed by atoms with Crippen LogP contribution in [0.3, 0.4) is 0 Å². The van der Waals surface area contributed by atoms with Crippen molar-refractivity contribution in [3.05, 3.63) is 29.8 Å². The number of hydrogen-bond donors (Lipinski definition) is 3. The first-order valence-electron chi connectivity index (χ1n) is 13.0. The lowest BCUT2D eigenvalue weighted by Crippen LogP contribution is -2.54. The maximum atomic E-state index is 13.5. The van der Waals surface area contributed by atoms with E-state index in [1.165, 1.54) is 30.1 Å². The Balaban J connectivity index is 2.28. The van der Waals surface area contributed by atoms with Crippen molar-refractivity contribution in [3.8, 4) is 5.75 Å². The third-order valence-electron chi connectivity index (χ3n) is 6.29. The smallest absolute Gasteiger partial charge is 0.389 e. The molecule has 3 N–H and O–H groups in total. The van der Waals surface area contributed by atoms with Gasteiger partial charge in [-0.1, -0.05) is 12.1 Å². The molecule has 1 aromatic carbocycles. The summed E-state index contributed by atoms with van der Waals surface area (Å²) >= 11 is 0. The van der Waals surface area contributed by atoms with Crippen LogP contribution in [0.5, 0.6) is 5.75 Å². The van der Waals surface area contributed by atoms with Gasteiger partial charge in [0.1, 0.15) is 17.8 Å². The van der Waals surface area contributed by atoms with E-state index < -0.39 is 73.0 Å². The van der Waals surface area contributed by atoms with Crippen LogP contribution in [-0.2, 0) is 14.4 Å². The van der Waals surface area contributed by atoms with Crippen molar-refractivity contribution >= 4 is 23.6 Å². The SMILES string of the molecule is CC(C)N(C)C(=O)[C@H]1C[C@H](O)CN1C(=O)[C@@H](CCC(F)(F)F)NC(=O)c1ccccc1OCC(=O)NC(C)(C)C. The number of likely N-dealkylation sites (N-methyl/N-ethyl adjacent to an activating group) is 1. The summed E-state index contributed by atoms with van der Waals surface area (Å²) in [5, 5.41) is 15.3. The quantitative estimate of drug-likeness (QED) is 0.395. The minimum Gasteiger partial charge on any atom is -0.483 e. The number of β-amino-alcohol motifs (C(OH)–C–C–N with tert-alkyl or cyclic N) is 1. The van der Waals surface area contributed by atoms with Crippen LogP contribution < -0.4 is 15.4 Å². The number of amides is 4.